The Hall–Kier alpha value is -0.820. The van der Waals surface area contributed by atoms with Crippen molar-refractivity contribution >= 4 is 5.97 Å². The molecule has 0 radical (unpaired) electrons. The fourth-order valence-corrected chi connectivity index (χ4v) is 2.18. The summed E-state index contributed by atoms with van der Waals surface area (Å²) in [4.78, 5) is 12.2. The average molecular weight is 255 g/mol. The number of carboxylic acids is 1. The van der Waals surface area contributed by atoms with Gasteiger partial charge in [0.05, 0.1) is 0 Å². The van der Waals surface area contributed by atoms with E-state index in [1.807, 2.05) is 0 Å². The predicted octanol–water partition coefficient (Wildman–Crippen LogP) is 1.50. The van der Waals surface area contributed by atoms with Gasteiger partial charge in [-0.3, -0.25) is 9.69 Å². The summed E-state index contributed by atoms with van der Waals surface area (Å²) in [6.07, 6.45) is -4.43. The molecule has 4 nitrogen and oxygen atoms in total. The Morgan fingerprint density at radius 3 is 2.47 bits per heavy atom. The van der Waals surface area contributed by atoms with Crippen LogP contribution in [0.3, 0.4) is 0 Å². The topological polar surface area (TPSA) is 49.8 Å². The number of carboxylic acid groups (broad SMARTS) is 1. The van der Waals surface area contributed by atoms with E-state index in [2.05, 4.69) is 4.74 Å². The van der Waals surface area contributed by atoms with Crippen molar-refractivity contribution in [2.24, 2.45) is 0 Å². The van der Waals surface area contributed by atoms with Crippen molar-refractivity contribution in [3.8, 4) is 0 Å². The minimum absolute atomic E-state index is 0.0815. The first-order valence-corrected chi connectivity index (χ1v) is 5.36. The van der Waals surface area contributed by atoms with Gasteiger partial charge in [-0.25, -0.2) is 0 Å². The molecule has 1 N–H and O–H groups in total. The summed E-state index contributed by atoms with van der Waals surface area (Å²) in [7, 11) is 1.01. The van der Waals surface area contributed by atoms with Crippen LogP contribution >= 0.6 is 0 Å². The van der Waals surface area contributed by atoms with Gasteiger partial charge in [-0.05, 0) is 12.8 Å². The molecule has 7 heteroatoms. The number of hydrogen-bond acceptors (Lipinski definition) is 3. The molecule has 1 rings (SSSR count). The van der Waals surface area contributed by atoms with E-state index >= 15 is 0 Å². The van der Waals surface area contributed by atoms with E-state index in [0.717, 1.165) is 7.11 Å². The van der Waals surface area contributed by atoms with Crippen LogP contribution < -0.4 is 0 Å². The van der Waals surface area contributed by atoms with Crippen LogP contribution in [0.5, 0.6) is 0 Å². The highest BCUT2D eigenvalue weighted by Gasteiger charge is 2.59. The van der Waals surface area contributed by atoms with E-state index < -0.39 is 30.3 Å². The maximum absolute atomic E-state index is 12.9. The summed E-state index contributed by atoms with van der Waals surface area (Å²) in [6, 6.07) is -0.880. The number of likely N-dealkylation sites (tertiary alicyclic amines) is 1. The second kappa shape index (κ2) is 4.81. The van der Waals surface area contributed by atoms with Crippen molar-refractivity contribution in [1.82, 2.24) is 4.90 Å². The van der Waals surface area contributed by atoms with Crippen LogP contribution in [0.15, 0.2) is 0 Å². The van der Waals surface area contributed by atoms with Gasteiger partial charge in [0.2, 0.25) is 0 Å². The van der Waals surface area contributed by atoms with Crippen molar-refractivity contribution < 1.29 is 27.8 Å². The van der Waals surface area contributed by atoms with Gasteiger partial charge < -0.3 is 9.84 Å². The molecule has 0 aromatic carbocycles. The third-order valence-electron chi connectivity index (χ3n) is 3.28. The SMILES string of the molecule is CC[C@@H](C(=O)O)N1CC[C@](OC)(C(F)(F)F)C1. The Labute approximate surface area is 97.3 Å². The van der Waals surface area contributed by atoms with Gasteiger partial charge in [0.15, 0.2) is 5.60 Å². The summed E-state index contributed by atoms with van der Waals surface area (Å²) in [5.41, 5.74) is -2.23. The van der Waals surface area contributed by atoms with E-state index in [0.29, 0.717) is 0 Å². The minimum atomic E-state index is -4.48. The summed E-state index contributed by atoms with van der Waals surface area (Å²) in [6.45, 7) is 1.30. The molecule has 0 amide bonds. The van der Waals surface area contributed by atoms with Crippen molar-refractivity contribution in [1.29, 1.82) is 0 Å². The van der Waals surface area contributed by atoms with E-state index in [4.69, 9.17) is 5.11 Å². The van der Waals surface area contributed by atoms with Crippen molar-refractivity contribution in [2.75, 3.05) is 20.2 Å². The first kappa shape index (κ1) is 14.2. The fourth-order valence-electron chi connectivity index (χ4n) is 2.18. The minimum Gasteiger partial charge on any atom is -0.480 e. The van der Waals surface area contributed by atoms with Gasteiger partial charge in [-0.15, -0.1) is 0 Å². The lowest BCUT2D eigenvalue weighted by molar-refractivity contribution is -0.264. The van der Waals surface area contributed by atoms with Gasteiger partial charge in [0, 0.05) is 20.2 Å². The van der Waals surface area contributed by atoms with Gasteiger partial charge in [0.25, 0.3) is 0 Å². The highest BCUT2D eigenvalue weighted by molar-refractivity contribution is 5.73. The fraction of sp³-hybridized carbons (Fsp3) is 0.900. The largest absolute Gasteiger partial charge is 0.480 e. The Morgan fingerprint density at radius 1 is 1.59 bits per heavy atom. The molecule has 17 heavy (non-hydrogen) atoms. The molecule has 0 aromatic rings. The van der Waals surface area contributed by atoms with Crippen LogP contribution in [-0.4, -0.2) is 54.0 Å². The number of alkyl halides is 3. The molecule has 0 unspecified atom stereocenters. The number of methoxy groups -OCH3 is 1. The van der Waals surface area contributed by atoms with Crippen LogP contribution in [0.4, 0.5) is 13.2 Å². The Bertz CT molecular complexity index is 295. The smallest absolute Gasteiger partial charge is 0.418 e. The number of hydrogen-bond donors (Lipinski definition) is 1. The third-order valence-corrected chi connectivity index (χ3v) is 3.28. The molecular formula is C10H16F3NO3. The molecule has 0 spiro atoms. The maximum Gasteiger partial charge on any atom is 0.418 e. The molecule has 1 aliphatic rings. The zero-order valence-corrected chi connectivity index (χ0v) is 9.75. The van der Waals surface area contributed by atoms with Crippen molar-refractivity contribution in [2.45, 2.75) is 37.6 Å². The first-order chi connectivity index (χ1) is 7.77. The van der Waals surface area contributed by atoms with Crippen LogP contribution in [0.25, 0.3) is 0 Å². The summed E-state index contributed by atoms with van der Waals surface area (Å²) >= 11 is 0. The van der Waals surface area contributed by atoms with Crippen LogP contribution in [0, 0.1) is 0 Å². The monoisotopic (exact) mass is 255 g/mol. The van der Waals surface area contributed by atoms with Crippen LogP contribution in [0.2, 0.25) is 0 Å². The molecule has 1 fully saturated rings. The highest BCUT2D eigenvalue weighted by Crippen LogP contribution is 2.41. The summed E-state index contributed by atoms with van der Waals surface area (Å²) in [5, 5.41) is 8.92. The second-order valence-electron chi connectivity index (χ2n) is 4.18. The number of nitrogens with zero attached hydrogens (tertiary/aromatic N) is 1. The standard InChI is InChI=1S/C10H16F3NO3/c1-3-7(8(15)16)14-5-4-9(6-14,17-2)10(11,12)13/h7H,3-6H2,1-2H3,(H,15,16)/t7-,9+/m0/s1. The molecule has 0 saturated carbocycles. The zero-order chi connectivity index (χ0) is 13.3. The molecule has 1 aliphatic heterocycles. The number of aliphatic carboxylic acids is 1. The van der Waals surface area contributed by atoms with Gasteiger partial charge in [-0.1, -0.05) is 6.92 Å². The summed E-state index contributed by atoms with van der Waals surface area (Å²) < 4.78 is 43.2. The van der Waals surface area contributed by atoms with Crippen molar-refractivity contribution in [3.63, 3.8) is 0 Å². The number of carbonyl (C=O) groups is 1. The van der Waals surface area contributed by atoms with Crippen LogP contribution in [-0.2, 0) is 9.53 Å². The second-order valence-corrected chi connectivity index (χ2v) is 4.18. The molecule has 100 valence electrons. The summed E-state index contributed by atoms with van der Waals surface area (Å²) in [5.74, 6) is -1.10. The Kier molecular flexibility index (Phi) is 4.03. The normalized spacial score (nSPS) is 28.3. The van der Waals surface area contributed by atoms with Gasteiger partial charge in [0.1, 0.15) is 6.04 Å². The van der Waals surface area contributed by atoms with Gasteiger partial charge in [-0.2, -0.15) is 13.2 Å². The Balaban J connectivity index is 2.84. The predicted molar refractivity (Wildman–Crippen MR) is 53.7 cm³/mol. The zero-order valence-electron chi connectivity index (χ0n) is 9.75. The average Bonchev–Trinajstić information content (AvgIpc) is 2.63. The number of rotatable bonds is 4. The van der Waals surface area contributed by atoms with E-state index in [1.54, 1.807) is 6.92 Å². The maximum atomic E-state index is 12.9. The van der Waals surface area contributed by atoms with Gasteiger partial charge >= 0.3 is 12.1 Å². The molecule has 0 aliphatic carbocycles. The van der Waals surface area contributed by atoms with Crippen LogP contribution in [0.1, 0.15) is 19.8 Å². The lowest BCUT2D eigenvalue weighted by Crippen LogP contribution is -2.51. The molecular weight excluding hydrogens is 239 g/mol. The highest BCUT2D eigenvalue weighted by atomic mass is 19.4. The van der Waals surface area contributed by atoms with E-state index in [9.17, 15) is 18.0 Å². The number of ether oxygens (including phenoxy) is 1. The van der Waals surface area contributed by atoms with E-state index in [-0.39, 0.29) is 19.4 Å². The molecule has 2 atom stereocenters. The third kappa shape index (κ3) is 2.55. The molecule has 1 saturated heterocycles. The van der Waals surface area contributed by atoms with E-state index in [1.165, 1.54) is 4.90 Å². The quantitative estimate of drug-likeness (QED) is 0.827. The molecule has 0 bridgehead atoms. The number of halogens is 3. The first-order valence-electron chi connectivity index (χ1n) is 5.36. The lowest BCUT2D eigenvalue weighted by Gasteiger charge is -2.31. The Morgan fingerprint density at radius 2 is 2.18 bits per heavy atom. The molecule has 1 heterocycles. The lowest BCUT2D eigenvalue weighted by atomic mass is 10.0. The van der Waals surface area contributed by atoms with Crippen molar-refractivity contribution in [3.05, 3.63) is 0 Å². The molecule has 0 aromatic heterocycles.